The molecule has 0 bridgehead atoms. The Bertz CT molecular complexity index is 906. The largest absolute Gasteiger partial charge is 0.486 e. The van der Waals surface area contributed by atoms with Crippen molar-refractivity contribution >= 4 is 5.91 Å². The summed E-state index contributed by atoms with van der Waals surface area (Å²) in [7, 11) is 0. The maximum atomic E-state index is 13.4. The molecule has 0 aliphatic carbocycles. The van der Waals surface area contributed by atoms with E-state index in [2.05, 4.69) is 15.6 Å². The number of carbonyl (C=O) groups excluding carboxylic acids is 1. The number of ether oxygens (including phenoxy) is 2. The number of hydrogen-bond donors (Lipinski definition) is 1. The van der Waals surface area contributed by atoms with Crippen molar-refractivity contribution in [3.05, 3.63) is 35.2 Å². The molecule has 154 valence electrons. The Balaban J connectivity index is 1.39. The molecule has 8 heteroatoms. The van der Waals surface area contributed by atoms with Gasteiger partial charge in [-0.1, -0.05) is 11.3 Å². The molecule has 8 nitrogen and oxygen atoms in total. The molecule has 2 fully saturated rings. The second-order valence-electron chi connectivity index (χ2n) is 8.01. The van der Waals surface area contributed by atoms with E-state index in [4.69, 9.17) is 9.47 Å². The third kappa shape index (κ3) is 3.35. The third-order valence-corrected chi connectivity index (χ3v) is 6.25. The normalized spacial score (nSPS) is 22.1. The number of fused-ring (bicyclic) bond motifs is 1. The Kier molecular flexibility index (Phi) is 4.87. The van der Waals surface area contributed by atoms with E-state index >= 15 is 0 Å². The Labute approximate surface area is 170 Å². The lowest BCUT2D eigenvalue weighted by Crippen LogP contribution is -2.32. The van der Waals surface area contributed by atoms with Crippen LogP contribution in [0.2, 0.25) is 0 Å². The highest BCUT2D eigenvalue weighted by Gasteiger charge is 2.34. The van der Waals surface area contributed by atoms with Crippen molar-refractivity contribution in [2.24, 2.45) is 0 Å². The van der Waals surface area contributed by atoms with E-state index in [0.717, 1.165) is 68.1 Å². The van der Waals surface area contributed by atoms with Gasteiger partial charge in [0, 0.05) is 6.54 Å². The van der Waals surface area contributed by atoms with Crippen LogP contribution in [0.25, 0.3) is 0 Å². The highest BCUT2D eigenvalue weighted by Crippen LogP contribution is 2.38. The molecular formula is C21H27N5O3. The minimum absolute atomic E-state index is 0.0277. The molecule has 2 saturated heterocycles. The monoisotopic (exact) mass is 397 g/mol. The highest BCUT2D eigenvalue weighted by molar-refractivity contribution is 5.93. The maximum absolute atomic E-state index is 13.4. The Morgan fingerprint density at radius 3 is 2.76 bits per heavy atom. The zero-order valence-electron chi connectivity index (χ0n) is 16.8. The van der Waals surface area contributed by atoms with Crippen LogP contribution in [0.15, 0.2) is 18.2 Å². The third-order valence-electron chi connectivity index (χ3n) is 6.25. The minimum atomic E-state index is -0.0277. The smallest absolute Gasteiger partial charge is 0.276 e. The molecule has 1 aromatic heterocycles. The fraction of sp³-hybridized carbons (Fsp3) is 0.571. The van der Waals surface area contributed by atoms with Crippen molar-refractivity contribution in [2.45, 2.75) is 44.7 Å². The van der Waals surface area contributed by atoms with E-state index in [1.54, 1.807) is 0 Å². The average molecular weight is 397 g/mol. The van der Waals surface area contributed by atoms with E-state index in [9.17, 15) is 4.79 Å². The number of amides is 1. The number of carbonyl (C=O) groups is 1. The summed E-state index contributed by atoms with van der Waals surface area (Å²) in [5.74, 6) is 1.51. The predicted octanol–water partition coefficient (Wildman–Crippen LogP) is 2.26. The van der Waals surface area contributed by atoms with E-state index in [1.807, 2.05) is 34.7 Å². The van der Waals surface area contributed by atoms with Crippen LogP contribution in [0.4, 0.5) is 0 Å². The van der Waals surface area contributed by atoms with Crippen LogP contribution in [0.3, 0.4) is 0 Å². The van der Waals surface area contributed by atoms with E-state index in [-0.39, 0.29) is 11.9 Å². The van der Waals surface area contributed by atoms with Gasteiger partial charge in [0.1, 0.15) is 13.2 Å². The molecule has 29 heavy (non-hydrogen) atoms. The summed E-state index contributed by atoms with van der Waals surface area (Å²) in [4.78, 5) is 15.3. The molecule has 0 saturated carbocycles. The van der Waals surface area contributed by atoms with Crippen LogP contribution in [0.1, 0.15) is 59.5 Å². The van der Waals surface area contributed by atoms with Gasteiger partial charge < -0.3 is 19.7 Å². The standard InChI is InChI=1S/C21H27N5O3/c1-14-20(23-24-26(14)16-6-8-22-9-7-16)21(27)25-10-2-3-17(25)15-4-5-18-19(13-15)29-12-11-28-18/h4-5,13,16-17,22H,2-3,6-12H2,1H3/t17-/m1/s1. The zero-order chi connectivity index (χ0) is 19.8. The fourth-order valence-electron chi connectivity index (χ4n) is 4.70. The molecule has 0 radical (unpaired) electrons. The molecule has 3 aliphatic heterocycles. The molecule has 3 aliphatic rings. The molecule has 1 aromatic carbocycles. The summed E-state index contributed by atoms with van der Waals surface area (Å²) in [6.07, 6.45) is 3.95. The first-order valence-electron chi connectivity index (χ1n) is 10.6. The summed E-state index contributed by atoms with van der Waals surface area (Å²) in [5, 5.41) is 12.0. The lowest BCUT2D eigenvalue weighted by molar-refractivity contribution is 0.0728. The lowest BCUT2D eigenvalue weighted by Gasteiger charge is -2.26. The first kappa shape index (κ1) is 18.4. The van der Waals surface area contributed by atoms with Gasteiger partial charge in [-0.3, -0.25) is 4.79 Å². The topological polar surface area (TPSA) is 81.5 Å². The minimum Gasteiger partial charge on any atom is -0.486 e. The maximum Gasteiger partial charge on any atom is 0.276 e. The summed E-state index contributed by atoms with van der Waals surface area (Å²) >= 11 is 0. The molecule has 0 spiro atoms. The molecule has 4 heterocycles. The number of likely N-dealkylation sites (tertiary alicyclic amines) is 1. The number of nitrogens with one attached hydrogen (secondary N) is 1. The van der Waals surface area contributed by atoms with Gasteiger partial charge in [0.15, 0.2) is 17.2 Å². The number of benzene rings is 1. The van der Waals surface area contributed by atoms with Crippen LogP contribution in [-0.4, -0.2) is 58.6 Å². The van der Waals surface area contributed by atoms with Crippen LogP contribution >= 0.6 is 0 Å². The zero-order valence-corrected chi connectivity index (χ0v) is 16.8. The van der Waals surface area contributed by atoms with Gasteiger partial charge in [0.05, 0.1) is 17.8 Å². The van der Waals surface area contributed by atoms with Gasteiger partial charge in [-0.25, -0.2) is 4.68 Å². The molecule has 1 amide bonds. The molecular weight excluding hydrogens is 370 g/mol. The van der Waals surface area contributed by atoms with Crippen molar-refractivity contribution in [3.63, 3.8) is 0 Å². The Morgan fingerprint density at radius 1 is 1.14 bits per heavy atom. The van der Waals surface area contributed by atoms with E-state index in [0.29, 0.717) is 24.9 Å². The number of nitrogens with zero attached hydrogens (tertiary/aromatic N) is 4. The van der Waals surface area contributed by atoms with Gasteiger partial charge in [-0.2, -0.15) is 0 Å². The Hall–Kier alpha value is -2.61. The fourth-order valence-corrected chi connectivity index (χ4v) is 4.70. The van der Waals surface area contributed by atoms with Gasteiger partial charge >= 0.3 is 0 Å². The highest BCUT2D eigenvalue weighted by atomic mass is 16.6. The molecule has 1 N–H and O–H groups in total. The number of aromatic nitrogens is 3. The average Bonchev–Trinajstić information content (AvgIpc) is 3.40. The first-order chi connectivity index (χ1) is 14.2. The summed E-state index contributed by atoms with van der Waals surface area (Å²) < 4.78 is 13.3. The van der Waals surface area contributed by atoms with E-state index < -0.39 is 0 Å². The molecule has 5 rings (SSSR count). The van der Waals surface area contributed by atoms with Crippen molar-refractivity contribution in [1.82, 2.24) is 25.2 Å². The Morgan fingerprint density at radius 2 is 1.93 bits per heavy atom. The number of hydrogen-bond acceptors (Lipinski definition) is 6. The second kappa shape index (κ2) is 7.67. The van der Waals surface area contributed by atoms with Crippen molar-refractivity contribution < 1.29 is 14.3 Å². The number of piperidine rings is 1. The van der Waals surface area contributed by atoms with Crippen LogP contribution < -0.4 is 14.8 Å². The molecule has 1 atom stereocenters. The summed E-state index contributed by atoms with van der Waals surface area (Å²) in [5.41, 5.74) is 2.44. The summed E-state index contributed by atoms with van der Waals surface area (Å²) in [6.45, 7) is 5.79. The summed E-state index contributed by atoms with van der Waals surface area (Å²) in [6, 6.07) is 6.36. The van der Waals surface area contributed by atoms with Crippen LogP contribution in [-0.2, 0) is 0 Å². The van der Waals surface area contributed by atoms with Crippen molar-refractivity contribution in [1.29, 1.82) is 0 Å². The van der Waals surface area contributed by atoms with Crippen molar-refractivity contribution in [3.8, 4) is 11.5 Å². The quantitative estimate of drug-likeness (QED) is 0.856. The van der Waals surface area contributed by atoms with Gasteiger partial charge in [-0.05, 0) is 63.4 Å². The van der Waals surface area contributed by atoms with Crippen LogP contribution in [0.5, 0.6) is 11.5 Å². The second-order valence-corrected chi connectivity index (χ2v) is 8.01. The predicted molar refractivity (Wildman–Crippen MR) is 106 cm³/mol. The van der Waals surface area contributed by atoms with Gasteiger partial charge in [-0.15, -0.1) is 5.10 Å². The number of rotatable bonds is 3. The first-order valence-corrected chi connectivity index (χ1v) is 10.6. The SMILES string of the molecule is Cc1c(C(=O)N2CCC[C@@H]2c2ccc3c(c2)OCCO3)nnn1C1CCNCC1. The lowest BCUT2D eigenvalue weighted by atomic mass is 10.0. The van der Waals surface area contributed by atoms with Gasteiger partial charge in [0.25, 0.3) is 5.91 Å². The van der Waals surface area contributed by atoms with Crippen LogP contribution in [0, 0.1) is 6.92 Å². The van der Waals surface area contributed by atoms with E-state index in [1.165, 1.54) is 0 Å². The molecule has 0 unspecified atom stereocenters. The van der Waals surface area contributed by atoms with Gasteiger partial charge in [0.2, 0.25) is 0 Å². The molecule has 2 aromatic rings. The van der Waals surface area contributed by atoms with Crippen molar-refractivity contribution in [2.75, 3.05) is 32.8 Å².